The van der Waals surface area contributed by atoms with Gasteiger partial charge in [0.25, 0.3) is 0 Å². The van der Waals surface area contributed by atoms with Gasteiger partial charge in [-0.25, -0.2) is 0 Å². The van der Waals surface area contributed by atoms with E-state index in [-0.39, 0.29) is 18.4 Å². The van der Waals surface area contributed by atoms with Crippen LogP contribution < -0.4 is 11.1 Å². The first-order chi connectivity index (χ1) is 13.8. The molecule has 1 aromatic rings. The summed E-state index contributed by atoms with van der Waals surface area (Å²) in [6.45, 7) is 6.26. The van der Waals surface area contributed by atoms with Gasteiger partial charge in [0.2, 0.25) is 11.8 Å². The van der Waals surface area contributed by atoms with E-state index in [9.17, 15) is 9.59 Å². The van der Waals surface area contributed by atoms with Crippen molar-refractivity contribution in [1.82, 2.24) is 15.1 Å². The molecule has 0 saturated carbocycles. The maximum Gasteiger partial charge on any atom is 0.241 e. The van der Waals surface area contributed by atoms with Crippen LogP contribution >= 0.6 is 0 Å². The number of hydrogen-bond acceptors (Lipinski definition) is 4. The highest BCUT2D eigenvalue weighted by atomic mass is 16.2. The average molecular weight is 403 g/mol. The van der Waals surface area contributed by atoms with E-state index in [1.807, 2.05) is 24.8 Å². The summed E-state index contributed by atoms with van der Waals surface area (Å²) in [4.78, 5) is 29.3. The van der Waals surface area contributed by atoms with Crippen LogP contribution in [0, 0.1) is 5.92 Å². The SMILES string of the molecule is CCC(N)(CC)C(=O)NCC(=O)N1CCCC([C@@H](CN(C)C)c2ccccc2)C1. The van der Waals surface area contributed by atoms with E-state index in [4.69, 9.17) is 5.73 Å². The Hall–Kier alpha value is -1.92. The third-order valence-electron chi connectivity index (χ3n) is 6.28. The van der Waals surface area contributed by atoms with Crippen molar-refractivity contribution in [3.63, 3.8) is 0 Å². The van der Waals surface area contributed by atoms with Crippen molar-refractivity contribution in [3.05, 3.63) is 35.9 Å². The van der Waals surface area contributed by atoms with Gasteiger partial charge in [0, 0.05) is 25.6 Å². The molecule has 2 atom stereocenters. The highest BCUT2D eigenvalue weighted by molar-refractivity contribution is 5.90. The topological polar surface area (TPSA) is 78.7 Å². The van der Waals surface area contributed by atoms with Gasteiger partial charge in [0.1, 0.15) is 0 Å². The normalized spacial score (nSPS) is 18.6. The van der Waals surface area contributed by atoms with Crippen LogP contribution in [0.3, 0.4) is 0 Å². The summed E-state index contributed by atoms with van der Waals surface area (Å²) in [5, 5.41) is 2.77. The number of likely N-dealkylation sites (N-methyl/N-ethyl adjacent to an activating group) is 1. The lowest BCUT2D eigenvalue weighted by Crippen LogP contribution is -2.55. The van der Waals surface area contributed by atoms with E-state index >= 15 is 0 Å². The number of nitrogens with zero attached hydrogens (tertiary/aromatic N) is 2. The summed E-state index contributed by atoms with van der Waals surface area (Å²) < 4.78 is 0. The van der Waals surface area contributed by atoms with Crippen molar-refractivity contribution in [2.24, 2.45) is 11.7 Å². The van der Waals surface area contributed by atoms with E-state index in [0.29, 0.717) is 24.7 Å². The van der Waals surface area contributed by atoms with Gasteiger partial charge < -0.3 is 20.9 Å². The zero-order valence-electron chi connectivity index (χ0n) is 18.5. The Morgan fingerprint density at radius 2 is 1.90 bits per heavy atom. The number of amides is 2. The van der Waals surface area contributed by atoms with Crippen molar-refractivity contribution in [2.75, 3.05) is 40.3 Å². The Labute approximate surface area is 175 Å². The summed E-state index contributed by atoms with van der Waals surface area (Å²) >= 11 is 0. The number of rotatable bonds is 9. The molecule has 0 bridgehead atoms. The van der Waals surface area contributed by atoms with E-state index in [1.54, 1.807) is 0 Å². The predicted molar refractivity (Wildman–Crippen MR) is 118 cm³/mol. The first-order valence-corrected chi connectivity index (χ1v) is 10.8. The van der Waals surface area contributed by atoms with Crippen LogP contribution in [0.1, 0.15) is 51.0 Å². The number of likely N-dealkylation sites (tertiary alicyclic amines) is 1. The van der Waals surface area contributed by atoms with E-state index < -0.39 is 5.54 Å². The summed E-state index contributed by atoms with van der Waals surface area (Å²) in [5.74, 6) is 0.537. The lowest BCUT2D eigenvalue weighted by atomic mass is 9.80. The molecular weight excluding hydrogens is 364 g/mol. The zero-order valence-corrected chi connectivity index (χ0v) is 18.5. The predicted octanol–water partition coefficient (Wildman–Crippen LogP) is 2.20. The number of carbonyl (C=O) groups is 2. The highest BCUT2D eigenvalue weighted by Gasteiger charge is 2.33. The van der Waals surface area contributed by atoms with Crippen molar-refractivity contribution in [3.8, 4) is 0 Å². The molecule has 0 spiro atoms. The van der Waals surface area contributed by atoms with Gasteiger partial charge in [-0.2, -0.15) is 0 Å². The van der Waals surface area contributed by atoms with Gasteiger partial charge >= 0.3 is 0 Å². The minimum atomic E-state index is -0.894. The van der Waals surface area contributed by atoms with Gasteiger partial charge in [0.15, 0.2) is 0 Å². The third kappa shape index (κ3) is 6.28. The summed E-state index contributed by atoms with van der Waals surface area (Å²) in [7, 11) is 4.19. The highest BCUT2D eigenvalue weighted by Crippen LogP contribution is 2.32. The molecule has 3 N–H and O–H groups in total. The van der Waals surface area contributed by atoms with Crippen LogP contribution in [-0.4, -0.2) is 67.4 Å². The Kier molecular flexibility index (Phi) is 8.65. The molecule has 1 heterocycles. The molecule has 1 saturated heterocycles. The monoisotopic (exact) mass is 402 g/mol. The molecule has 162 valence electrons. The van der Waals surface area contributed by atoms with Crippen molar-refractivity contribution in [2.45, 2.75) is 51.0 Å². The number of benzene rings is 1. The van der Waals surface area contributed by atoms with E-state index in [1.165, 1.54) is 5.56 Å². The van der Waals surface area contributed by atoms with Gasteiger partial charge in [-0.1, -0.05) is 44.2 Å². The lowest BCUT2D eigenvalue weighted by Gasteiger charge is -2.38. The smallest absolute Gasteiger partial charge is 0.241 e. The standard InChI is InChI=1S/C23H38N4O2/c1-5-23(24,6-2)22(29)25-15-21(28)27-14-10-13-19(16-27)20(17-26(3)4)18-11-8-7-9-12-18/h7-9,11-12,19-20H,5-6,10,13-17,24H2,1-4H3,(H,25,29)/t19?,20-/m0/s1. The molecule has 29 heavy (non-hydrogen) atoms. The van der Waals surface area contributed by atoms with Crippen LogP contribution in [0.25, 0.3) is 0 Å². The van der Waals surface area contributed by atoms with Gasteiger partial charge in [0.05, 0.1) is 12.1 Å². The Morgan fingerprint density at radius 1 is 1.24 bits per heavy atom. The summed E-state index contributed by atoms with van der Waals surface area (Å²) in [6, 6.07) is 10.6. The lowest BCUT2D eigenvalue weighted by molar-refractivity contribution is -0.135. The Morgan fingerprint density at radius 3 is 2.48 bits per heavy atom. The minimum Gasteiger partial charge on any atom is -0.345 e. The maximum absolute atomic E-state index is 12.8. The van der Waals surface area contributed by atoms with Crippen LogP contribution in [-0.2, 0) is 9.59 Å². The number of hydrogen-bond donors (Lipinski definition) is 2. The summed E-state index contributed by atoms with van der Waals surface area (Å²) in [5.41, 5.74) is 6.57. The summed E-state index contributed by atoms with van der Waals surface area (Å²) in [6.07, 6.45) is 3.21. The first-order valence-electron chi connectivity index (χ1n) is 10.8. The van der Waals surface area contributed by atoms with E-state index in [0.717, 1.165) is 32.5 Å². The average Bonchev–Trinajstić information content (AvgIpc) is 2.75. The van der Waals surface area contributed by atoms with Crippen LogP contribution in [0.4, 0.5) is 0 Å². The van der Waals surface area contributed by atoms with Crippen molar-refractivity contribution < 1.29 is 9.59 Å². The zero-order chi connectivity index (χ0) is 21.4. The first kappa shape index (κ1) is 23.4. The second-order valence-corrected chi connectivity index (χ2v) is 8.57. The molecule has 0 aliphatic carbocycles. The van der Waals surface area contributed by atoms with Crippen LogP contribution in [0.5, 0.6) is 0 Å². The van der Waals surface area contributed by atoms with E-state index in [2.05, 4.69) is 48.6 Å². The molecular formula is C23H38N4O2. The maximum atomic E-state index is 12.8. The quantitative estimate of drug-likeness (QED) is 0.664. The van der Waals surface area contributed by atoms with Gasteiger partial charge in [-0.05, 0) is 51.3 Å². The molecule has 0 radical (unpaired) electrons. The molecule has 1 aliphatic heterocycles. The second kappa shape index (κ2) is 10.7. The fourth-order valence-electron chi connectivity index (χ4n) is 4.20. The number of nitrogens with one attached hydrogen (secondary N) is 1. The van der Waals surface area contributed by atoms with Crippen molar-refractivity contribution >= 4 is 11.8 Å². The minimum absolute atomic E-state index is 0.0192. The van der Waals surface area contributed by atoms with Crippen LogP contribution in [0.15, 0.2) is 30.3 Å². The molecule has 0 aromatic heterocycles. The fraction of sp³-hybridized carbons (Fsp3) is 0.652. The fourth-order valence-corrected chi connectivity index (χ4v) is 4.20. The van der Waals surface area contributed by atoms with Crippen molar-refractivity contribution in [1.29, 1.82) is 0 Å². The van der Waals surface area contributed by atoms with Gasteiger partial charge in [-0.15, -0.1) is 0 Å². The number of nitrogens with two attached hydrogens (primary N) is 1. The largest absolute Gasteiger partial charge is 0.345 e. The Bertz CT molecular complexity index is 658. The molecule has 1 aliphatic rings. The third-order valence-corrected chi connectivity index (χ3v) is 6.28. The van der Waals surface area contributed by atoms with Crippen LogP contribution in [0.2, 0.25) is 0 Å². The number of carbonyl (C=O) groups excluding carboxylic acids is 2. The Balaban J connectivity index is 2.01. The molecule has 6 nitrogen and oxygen atoms in total. The van der Waals surface area contributed by atoms with Gasteiger partial charge in [-0.3, -0.25) is 9.59 Å². The molecule has 2 rings (SSSR count). The molecule has 6 heteroatoms. The molecule has 1 unspecified atom stereocenters. The molecule has 1 aromatic carbocycles. The molecule has 1 fully saturated rings. The second-order valence-electron chi connectivity index (χ2n) is 8.57. The molecule has 2 amide bonds. The number of piperidine rings is 1.